The van der Waals surface area contributed by atoms with Crippen LogP contribution in [0.4, 0.5) is 0 Å². The third-order valence-electron chi connectivity index (χ3n) is 3.76. The van der Waals surface area contributed by atoms with Crippen LogP contribution >= 0.6 is 0 Å². The molecular weight excluding hydrogens is 258 g/mol. The molecule has 0 saturated heterocycles. The Morgan fingerprint density at radius 3 is 2.52 bits per heavy atom. The minimum absolute atomic E-state index is 0.0916. The fourth-order valence-corrected chi connectivity index (χ4v) is 2.64. The van der Waals surface area contributed by atoms with E-state index < -0.39 is 0 Å². The lowest BCUT2D eigenvalue weighted by Crippen LogP contribution is -2.21. The van der Waals surface area contributed by atoms with Gasteiger partial charge in [-0.1, -0.05) is 45.0 Å². The first-order valence-electron chi connectivity index (χ1n) is 7.66. The van der Waals surface area contributed by atoms with Crippen molar-refractivity contribution in [3.05, 3.63) is 52.8 Å². The maximum Gasteiger partial charge on any atom is 0.0722 e. The summed E-state index contributed by atoms with van der Waals surface area (Å²) in [6.07, 6.45) is 3.19. The van der Waals surface area contributed by atoms with Gasteiger partial charge in [0.25, 0.3) is 0 Å². The van der Waals surface area contributed by atoms with Crippen LogP contribution in [0.1, 0.15) is 43.2 Å². The Balaban J connectivity index is 1.91. The summed E-state index contributed by atoms with van der Waals surface area (Å²) >= 11 is 0. The van der Waals surface area contributed by atoms with Crippen molar-refractivity contribution in [2.75, 3.05) is 6.54 Å². The van der Waals surface area contributed by atoms with Crippen LogP contribution in [0.2, 0.25) is 0 Å². The number of benzene rings is 1. The van der Waals surface area contributed by atoms with Gasteiger partial charge in [0.1, 0.15) is 0 Å². The lowest BCUT2D eigenvalue weighted by atomic mass is 9.89. The van der Waals surface area contributed by atoms with Gasteiger partial charge >= 0.3 is 0 Å². The SMILES string of the molecule is Cc1ccccc1CCNCc1cn(C)nc1C(C)(C)C. The number of rotatable bonds is 5. The summed E-state index contributed by atoms with van der Waals surface area (Å²) in [6, 6.07) is 8.59. The van der Waals surface area contributed by atoms with Crippen LogP contribution in [0.15, 0.2) is 30.5 Å². The van der Waals surface area contributed by atoms with Crippen molar-refractivity contribution in [2.45, 2.75) is 46.1 Å². The van der Waals surface area contributed by atoms with Crippen LogP contribution in [0, 0.1) is 6.92 Å². The highest BCUT2D eigenvalue weighted by molar-refractivity contribution is 5.26. The van der Waals surface area contributed by atoms with E-state index >= 15 is 0 Å². The average molecular weight is 285 g/mol. The largest absolute Gasteiger partial charge is 0.312 e. The van der Waals surface area contributed by atoms with Gasteiger partial charge in [0.15, 0.2) is 0 Å². The summed E-state index contributed by atoms with van der Waals surface area (Å²) in [7, 11) is 1.99. The van der Waals surface area contributed by atoms with Crippen molar-refractivity contribution >= 4 is 0 Å². The van der Waals surface area contributed by atoms with Gasteiger partial charge in [-0.2, -0.15) is 5.10 Å². The summed E-state index contributed by atoms with van der Waals surface area (Å²) < 4.78 is 1.92. The zero-order valence-electron chi connectivity index (χ0n) is 13.9. The van der Waals surface area contributed by atoms with E-state index in [2.05, 4.69) is 68.6 Å². The topological polar surface area (TPSA) is 29.9 Å². The number of hydrogen-bond acceptors (Lipinski definition) is 2. The van der Waals surface area contributed by atoms with Gasteiger partial charge in [-0.05, 0) is 31.0 Å². The minimum atomic E-state index is 0.0916. The molecular formula is C18H27N3. The summed E-state index contributed by atoms with van der Waals surface area (Å²) in [6.45, 7) is 10.7. The number of nitrogens with one attached hydrogen (secondary N) is 1. The van der Waals surface area contributed by atoms with Crippen molar-refractivity contribution in [1.29, 1.82) is 0 Å². The Morgan fingerprint density at radius 1 is 1.14 bits per heavy atom. The van der Waals surface area contributed by atoms with E-state index in [1.54, 1.807) is 0 Å². The van der Waals surface area contributed by atoms with E-state index in [-0.39, 0.29) is 5.41 Å². The third-order valence-corrected chi connectivity index (χ3v) is 3.76. The van der Waals surface area contributed by atoms with Crippen LogP contribution in [0.25, 0.3) is 0 Å². The average Bonchev–Trinajstić information content (AvgIpc) is 2.78. The highest BCUT2D eigenvalue weighted by Crippen LogP contribution is 2.23. The van der Waals surface area contributed by atoms with Crippen molar-refractivity contribution in [1.82, 2.24) is 15.1 Å². The standard InChI is InChI=1S/C18H27N3/c1-14-8-6-7-9-15(14)10-11-19-12-16-13-21(5)20-17(16)18(2,3)4/h6-9,13,19H,10-12H2,1-5H3. The first-order chi connectivity index (χ1) is 9.88. The predicted molar refractivity (Wildman–Crippen MR) is 88.5 cm³/mol. The van der Waals surface area contributed by atoms with Gasteiger partial charge in [0.05, 0.1) is 5.69 Å². The number of aromatic nitrogens is 2. The van der Waals surface area contributed by atoms with Gasteiger partial charge in [-0.25, -0.2) is 0 Å². The van der Waals surface area contributed by atoms with Gasteiger partial charge in [-0.3, -0.25) is 4.68 Å². The number of aryl methyl sites for hydroxylation is 2. The van der Waals surface area contributed by atoms with Gasteiger partial charge in [0, 0.05) is 30.8 Å². The second-order valence-electron chi connectivity index (χ2n) is 6.78. The van der Waals surface area contributed by atoms with E-state index in [1.165, 1.54) is 22.4 Å². The zero-order valence-corrected chi connectivity index (χ0v) is 13.9. The smallest absolute Gasteiger partial charge is 0.0722 e. The molecule has 0 bridgehead atoms. The Hall–Kier alpha value is -1.61. The summed E-state index contributed by atoms with van der Waals surface area (Å²) in [5.74, 6) is 0. The molecule has 0 aliphatic carbocycles. The second kappa shape index (κ2) is 6.44. The van der Waals surface area contributed by atoms with Crippen molar-refractivity contribution in [2.24, 2.45) is 7.05 Å². The van der Waals surface area contributed by atoms with Gasteiger partial charge < -0.3 is 5.32 Å². The van der Waals surface area contributed by atoms with E-state index in [0.29, 0.717) is 0 Å². The van der Waals surface area contributed by atoms with Crippen LogP contribution in [0.5, 0.6) is 0 Å². The van der Waals surface area contributed by atoms with E-state index in [1.807, 2.05) is 11.7 Å². The van der Waals surface area contributed by atoms with Crippen LogP contribution in [-0.2, 0) is 25.4 Å². The molecule has 2 aromatic rings. The van der Waals surface area contributed by atoms with Crippen molar-refractivity contribution in [3.8, 4) is 0 Å². The molecule has 1 heterocycles. The molecule has 3 nitrogen and oxygen atoms in total. The summed E-state index contributed by atoms with van der Waals surface area (Å²) in [5.41, 5.74) is 5.38. The molecule has 0 aliphatic heterocycles. The predicted octanol–water partition coefficient (Wildman–Crippen LogP) is 3.36. The fraction of sp³-hybridized carbons (Fsp3) is 0.500. The molecule has 1 aromatic heterocycles. The first kappa shape index (κ1) is 15.8. The molecule has 0 amide bonds. The Labute approximate surface area is 128 Å². The third kappa shape index (κ3) is 4.18. The maximum absolute atomic E-state index is 4.61. The summed E-state index contributed by atoms with van der Waals surface area (Å²) in [5, 5.41) is 8.16. The zero-order chi connectivity index (χ0) is 15.5. The highest BCUT2D eigenvalue weighted by atomic mass is 15.3. The lowest BCUT2D eigenvalue weighted by Gasteiger charge is -2.17. The number of hydrogen-bond donors (Lipinski definition) is 1. The first-order valence-corrected chi connectivity index (χ1v) is 7.66. The molecule has 1 N–H and O–H groups in total. The Morgan fingerprint density at radius 2 is 1.86 bits per heavy atom. The van der Waals surface area contributed by atoms with Gasteiger partial charge in [0.2, 0.25) is 0 Å². The van der Waals surface area contributed by atoms with Crippen molar-refractivity contribution in [3.63, 3.8) is 0 Å². The second-order valence-corrected chi connectivity index (χ2v) is 6.78. The fourth-order valence-electron chi connectivity index (χ4n) is 2.64. The normalized spacial score (nSPS) is 11.9. The van der Waals surface area contributed by atoms with E-state index in [0.717, 1.165) is 19.5 Å². The minimum Gasteiger partial charge on any atom is -0.312 e. The molecule has 114 valence electrons. The summed E-state index contributed by atoms with van der Waals surface area (Å²) in [4.78, 5) is 0. The Kier molecular flexibility index (Phi) is 4.84. The Bertz CT molecular complexity index is 591. The molecule has 0 unspecified atom stereocenters. The molecule has 21 heavy (non-hydrogen) atoms. The molecule has 0 fully saturated rings. The number of nitrogens with zero attached hydrogens (tertiary/aromatic N) is 2. The van der Waals surface area contributed by atoms with Gasteiger partial charge in [-0.15, -0.1) is 0 Å². The molecule has 3 heteroatoms. The maximum atomic E-state index is 4.61. The molecule has 0 atom stereocenters. The molecule has 1 aromatic carbocycles. The van der Waals surface area contributed by atoms with E-state index in [9.17, 15) is 0 Å². The molecule has 0 aliphatic rings. The highest BCUT2D eigenvalue weighted by Gasteiger charge is 2.21. The quantitative estimate of drug-likeness (QED) is 0.854. The van der Waals surface area contributed by atoms with E-state index in [4.69, 9.17) is 0 Å². The molecule has 0 saturated carbocycles. The van der Waals surface area contributed by atoms with Crippen LogP contribution in [0.3, 0.4) is 0 Å². The monoisotopic (exact) mass is 285 g/mol. The van der Waals surface area contributed by atoms with Crippen LogP contribution in [-0.4, -0.2) is 16.3 Å². The van der Waals surface area contributed by atoms with Crippen LogP contribution < -0.4 is 5.32 Å². The molecule has 0 spiro atoms. The molecule has 0 radical (unpaired) electrons. The lowest BCUT2D eigenvalue weighted by molar-refractivity contribution is 0.543. The van der Waals surface area contributed by atoms with Crippen molar-refractivity contribution < 1.29 is 0 Å². The molecule has 2 rings (SSSR count).